The highest BCUT2D eigenvalue weighted by Crippen LogP contribution is 2.35. The van der Waals surface area contributed by atoms with Crippen molar-refractivity contribution in [2.45, 2.75) is 26.4 Å². The van der Waals surface area contributed by atoms with E-state index >= 15 is 0 Å². The molecular formula is C23H24N2O5S. The molecule has 0 bridgehead atoms. The highest BCUT2D eigenvalue weighted by atomic mass is 32.1. The lowest BCUT2D eigenvalue weighted by Crippen LogP contribution is -2.54. The van der Waals surface area contributed by atoms with E-state index < -0.39 is 11.8 Å². The number of amides is 2. The van der Waals surface area contributed by atoms with Crippen LogP contribution in [0.2, 0.25) is 0 Å². The molecule has 0 aliphatic carbocycles. The molecule has 0 unspecified atom stereocenters. The van der Waals surface area contributed by atoms with Crippen LogP contribution in [0.15, 0.2) is 48.0 Å². The maximum Gasteiger partial charge on any atom is 0.270 e. The van der Waals surface area contributed by atoms with Gasteiger partial charge in [0, 0.05) is 5.56 Å². The van der Waals surface area contributed by atoms with Crippen LogP contribution >= 0.6 is 12.2 Å². The Balaban J connectivity index is 2.09. The molecule has 0 radical (unpaired) electrons. The molecule has 0 spiro atoms. The van der Waals surface area contributed by atoms with Crippen molar-refractivity contribution in [2.24, 2.45) is 0 Å². The second-order valence-corrected chi connectivity index (χ2v) is 7.23. The summed E-state index contributed by atoms with van der Waals surface area (Å²) in [4.78, 5) is 27.3. The predicted octanol–water partition coefficient (Wildman–Crippen LogP) is 3.71. The second kappa shape index (κ2) is 9.61. The van der Waals surface area contributed by atoms with E-state index in [1.54, 1.807) is 42.5 Å². The third kappa shape index (κ3) is 4.54. The summed E-state index contributed by atoms with van der Waals surface area (Å²) in [5, 5.41) is 2.57. The number of carbonyl (C=O) groups is 2. The van der Waals surface area contributed by atoms with Crippen molar-refractivity contribution in [3.63, 3.8) is 0 Å². The van der Waals surface area contributed by atoms with E-state index in [1.807, 2.05) is 13.8 Å². The summed E-state index contributed by atoms with van der Waals surface area (Å²) in [7, 11) is 3.04. The number of anilines is 1. The summed E-state index contributed by atoms with van der Waals surface area (Å²) in [6, 6.07) is 12.2. The molecule has 1 N–H and O–H groups in total. The second-order valence-electron chi connectivity index (χ2n) is 6.85. The van der Waals surface area contributed by atoms with Gasteiger partial charge in [0.25, 0.3) is 11.8 Å². The van der Waals surface area contributed by atoms with Crippen molar-refractivity contribution in [3.8, 4) is 17.2 Å². The van der Waals surface area contributed by atoms with Crippen LogP contribution in [0.25, 0.3) is 6.08 Å². The van der Waals surface area contributed by atoms with Crippen LogP contribution in [0.1, 0.15) is 25.8 Å². The summed E-state index contributed by atoms with van der Waals surface area (Å²) < 4.78 is 16.8. The average Bonchev–Trinajstić information content (AvgIpc) is 2.77. The van der Waals surface area contributed by atoms with Gasteiger partial charge in [-0.1, -0.05) is 31.2 Å². The summed E-state index contributed by atoms with van der Waals surface area (Å²) in [6.45, 7) is 3.94. The molecule has 7 nitrogen and oxygen atoms in total. The van der Waals surface area contributed by atoms with E-state index in [0.717, 1.165) is 6.42 Å². The van der Waals surface area contributed by atoms with Crippen LogP contribution < -0.4 is 24.4 Å². The van der Waals surface area contributed by atoms with Gasteiger partial charge in [-0.2, -0.15) is 0 Å². The molecule has 1 fully saturated rings. The number of para-hydroxylation sites is 3. The first-order valence-electron chi connectivity index (χ1n) is 9.79. The molecule has 162 valence electrons. The number of thiocarbonyl (C=S) groups is 1. The van der Waals surface area contributed by atoms with Crippen LogP contribution in [0.3, 0.4) is 0 Å². The van der Waals surface area contributed by atoms with Gasteiger partial charge in [-0.15, -0.1) is 0 Å². The van der Waals surface area contributed by atoms with Crippen molar-refractivity contribution < 1.29 is 23.8 Å². The van der Waals surface area contributed by atoms with E-state index in [-0.39, 0.29) is 16.8 Å². The molecular weight excluding hydrogens is 416 g/mol. The number of hydrogen-bond donors (Lipinski definition) is 1. The smallest absolute Gasteiger partial charge is 0.270 e. The van der Waals surface area contributed by atoms with E-state index in [2.05, 4.69) is 5.32 Å². The Hall–Kier alpha value is -3.39. The fourth-order valence-corrected chi connectivity index (χ4v) is 3.34. The Morgan fingerprint density at radius 1 is 1.06 bits per heavy atom. The number of rotatable bonds is 7. The van der Waals surface area contributed by atoms with Gasteiger partial charge in [0.2, 0.25) is 0 Å². The zero-order valence-electron chi connectivity index (χ0n) is 17.8. The topological polar surface area (TPSA) is 77.1 Å². The Morgan fingerprint density at radius 3 is 2.42 bits per heavy atom. The van der Waals surface area contributed by atoms with Crippen molar-refractivity contribution in [2.75, 3.05) is 19.1 Å². The van der Waals surface area contributed by atoms with Crippen LogP contribution in [-0.2, 0) is 9.59 Å². The van der Waals surface area contributed by atoms with Gasteiger partial charge in [-0.3, -0.25) is 14.9 Å². The van der Waals surface area contributed by atoms with Gasteiger partial charge in [-0.25, -0.2) is 4.90 Å². The van der Waals surface area contributed by atoms with Crippen molar-refractivity contribution >= 4 is 40.9 Å². The third-order valence-corrected chi connectivity index (χ3v) is 5.14. The van der Waals surface area contributed by atoms with Gasteiger partial charge in [0.1, 0.15) is 11.3 Å². The molecule has 8 heteroatoms. The summed E-state index contributed by atoms with van der Waals surface area (Å²) in [5.74, 6) is 0.282. The summed E-state index contributed by atoms with van der Waals surface area (Å²) in [5.41, 5.74) is 0.903. The van der Waals surface area contributed by atoms with Crippen LogP contribution in [0, 0.1) is 0 Å². The number of ether oxygens (including phenoxy) is 3. The molecule has 1 saturated heterocycles. The minimum atomic E-state index is -0.585. The SMILES string of the molecule is CC[C@@H](C)Oc1c(/C=C2\C(=O)NC(=S)N(c3ccccc3OC)C2=O)cccc1OC. The minimum absolute atomic E-state index is 0.0154. The van der Waals surface area contributed by atoms with E-state index in [0.29, 0.717) is 28.5 Å². The highest BCUT2D eigenvalue weighted by molar-refractivity contribution is 7.80. The molecule has 2 amide bonds. The molecule has 3 rings (SSSR count). The normalized spacial score (nSPS) is 16.2. The zero-order valence-corrected chi connectivity index (χ0v) is 18.6. The third-order valence-electron chi connectivity index (χ3n) is 4.85. The number of methoxy groups -OCH3 is 2. The molecule has 1 aliphatic rings. The van der Waals surface area contributed by atoms with Gasteiger partial charge < -0.3 is 14.2 Å². The molecule has 1 atom stereocenters. The first-order chi connectivity index (χ1) is 14.9. The lowest BCUT2D eigenvalue weighted by Gasteiger charge is -2.30. The van der Waals surface area contributed by atoms with Crippen LogP contribution in [0.5, 0.6) is 17.2 Å². The monoisotopic (exact) mass is 440 g/mol. The molecule has 2 aromatic carbocycles. The number of nitrogens with zero attached hydrogens (tertiary/aromatic N) is 1. The maximum absolute atomic E-state index is 13.3. The van der Waals surface area contributed by atoms with Crippen LogP contribution in [0.4, 0.5) is 5.69 Å². The number of hydrogen-bond acceptors (Lipinski definition) is 6. The van der Waals surface area contributed by atoms with Crippen molar-refractivity contribution in [3.05, 3.63) is 53.6 Å². The van der Waals surface area contributed by atoms with Gasteiger partial charge in [0.05, 0.1) is 26.0 Å². The highest BCUT2D eigenvalue weighted by Gasteiger charge is 2.36. The Kier molecular flexibility index (Phi) is 6.91. The fraction of sp³-hybridized carbons (Fsp3) is 0.261. The molecule has 0 saturated carbocycles. The minimum Gasteiger partial charge on any atom is -0.495 e. The lowest BCUT2D eigenvalue weighted by atomic mass is 10.1. The van der Waals surface area contributed by atoms with Crippen molar-refractivity contribution in [1.29, 1.82) is 0 Å². The molecule has 0 aromatic heterocycles. The molecule has 2 aromatic rings. The average molecular weight is 441 g/mol. The number of carbonyl (C=O) groups excluding carboxylic acids is 2. The lowest BCUT2D eigenvalue weighted by molar-refractivity contribution is -0.122. The zero-order chi connectivity index (χ0) is 22.5. The largest absolute Gasteiger partial charge is 0.495 e. The van der Waals surface area contributed by atoms with Gasteiger partial charge in [0.15, 0.2) is 16.6 Å². The first kappa shape index (κ1) is 22.3. The van der Waals surface area contributed by atoms with Crippen molar-refractivity contribution in [1.82, 2.24) is 5.32 Å². The number of benzene rings is 2. The predicted molar refractivity (Wildman–Crippen MR) is 123 cm³/mol. The molecule has 1 aliphatic heterocycles. The summed E-state index contributed by atoms with van der Waals surface area (Å²) in [6.07, 6.45) is 2.19. The van der Waals surface area contributed by atoms with E-state index in [4.69, 9.17) is 26.4 Å². The fourth-order valence-electron chi connectivity index (χ4n) is 3.06. The Morgan fingerprint density at radius 2 is 1.74 bits per heavy atom. The van der Waals surface area contributed by atoms with Gasteiger partial charge >= 0.3 is 0 Å². The maximum atomic E-state index is 13.3. The standard InChI is InChI=1S/C23H24N2O5S/c1-5-14(2)30-20-15(9-8-12-19(20)29-4)13-16-21(26)24-23(31)25(22(16)27)17-10-6-7-11-18(17)28-3/h6-14H,5H2,1-4H3,(H,24,26,31)/b16-13+/t14-/m1/s1. The van der Waals surface area contributed by atoms with Crippen LogP contribution in [-0.4, -0.2) is 37.3 Å². The quantitative estimate of drug-likeness (QED) is 0.402. The first-order valence-corrected chi connectivity index (χ1v) is 10.2. The Bertz CT molecular complexity index is 1050. The molecule has 31 heavy (non-hydrogen) atoms. The molecule has 1 heterocycles. The summed E-state index contributed by atoms with van der Waals surface area (Å²) >= 11 is 5.27. The van der Waals surface area contributed by atoms with Gasteiger partial charge in [-0.05, 0) is 49.8 Å². The number of nitrogens with one attached hydrogen (secondary N) is 1. The van der Waals surface area contributed by atoms with E-state index in [1.165, 1.54) is 25.2 Å². The van der Waals surface area contributed by atoms with E-state index in [9.17, 15) is 9.59 Å². The Labute approximate surface area is 186 Å².